The minimum Gasteiger partial charge on any atom is -0.316 e. The summed E-state index contributed by atoms with van der Waals surface area (Å²) in [4.78, 5) is 1.46. The van der Waals surface area contributed by atoms with E-state index in [0.29, 0.717) is 5.25 Å². The summed E-state index contributed by atoms with van der Waals surface area (Å²) in [5, 5.41) is 4.24. The van der Waals surface area contributed by atoms with Crippen LogP contribution in [-0.2, 0) is 6.42 Å². The zero-order valence-electron chi connectivity index (χ0n) is 10.1. The van der Waals surface area contributed by atoms with E-state index < -0.39 is 0 Å². The summed E-state index contributed by atoms with van der Waals surface area (Å²) < 4.78 is 0. The van der Waals surface area contributed by atoms with Gasteiger partial charge in [0, 0.05) is 23.1 Å². The van der Waals surface area contributed by atoms with Gasteiger partial charge in [0.15, 0.2) is 0 Å². The zero-order chi connectivity index (χ0) is 11.9. The SMILES string of the molecule is C#CCCCCNCC1Cc2ccccc2S1. The maximum atomic E-state index is 5.22. The number of hydrogen-bond acceptors (Lipinski definition) is 2. The summed E-state index contributed by atoms with van der Waals surface area (Å²) in [7, 11) is 0. The van der Waals surface area contributed by atoms with E-state index in [2.05, 4.69) is 35.5 Å². The van der Waals surface area contributed by atoms with E-state index in [-0.39, 0.29) is 0 Å². The molecule has 1 aromatic carbocycles. The number of fused-ring (bicyclic) bond motifs is 1. The number of nitrogens with one attached hydrogen (secondary N) is 1. The van der Waals surface area contributed by atoms with E-state index in [0.717, 1.165) is 25.9 Å². The van der Waals surface area contributed by atoms with Gasteiger partial charge in [0.2, 0.25) is 0 Å². The zero-order valence-corrected chi connectivity index (χ0v) is 10.9. The van der Waals surface area contributed by atoms with Crippen LogP contribution in [0.25, 0.3) is 0 Å². The summed E-state index contributed by atoms with van der Waals surface area (Å²) in [6.45, 7) is 2.20. The van der Waals surface area contributed by atoms with Crippen LogP contribution >= 0.6 is 11.8 Å². The van der Waals surface area contributed by atoms with E-state index in [4.69, 9.17) is 6.42 Å². The van der Waals surface area contributed by atoms with Gasteiger partial charge in [-0.05, 0) is 37.4 Å². The van der Waals surface area contributed by atoms with Gasteiger partial charge in [0.05, 0.1) is 0 Å². The number of benzene rings is 1. The van der Waals surface area contributed by atoms with Crippen molar-refractivity contribution in [1.29, 1.82) is 0 Å². The Morgan fingerprint density at radius 2 is 2.24 bits per heavy atom. The van der Waals surface area contributed by atoms with Crippen LogP contribution in [0.2, 0.25) is 0 Å². The highest BCUT2D eigenvalue weighted by Crippen LogP contribution is 2.36. The maximum absolute atomic E-state index is 5.22. The molecule has 0 aliphatic carbocycles. The van der Waals surface area contributed by atoms with E-state index in [1.807, 2.05) is 11.8 Å². The maximum Gasteiger partial charge on any atom is 0.0260 e. The lowest BCUT2D eigenvalue weighted by Crippen LogP contribution is -2.25. The first-order valence-electron chi connectivity index (χ1n) is 6.29. The molecule has 0 fully saturated rings. The molecule has 1 atom stereocenters. The van der Waals surface area contributed by atoms with Gasteiger partial charge in [-0.1, -0.05) is 18.2 Å². The molecule has 1 aliphatic rings. The third-order valence-electron chi connectivity index (χ3n) is 3.01. The Morgan fingerprint density at radius 1 is 1.35 bits per heavy atom. The molecule has 0 amide bonds. The molecule has 1 aliphatic heterocycles. The molecule has 0 saturated heterocycles. The highest BCUT2D eigenvalue weighted by atomic mass is 32.2. The van der Waals surface area contributed by atoms with Crippen LogP contribution in [0.5, 0.6) is 0 Å². The Balaban J connectivity index is 1.62. The number of terminal acetylenes is 1. The van der Waals surface area contributed by atoms with Crippen molar-refractivity contribution in [3.8, 4) is 12.3 Å². The normalized spacial score (nSPS) is 17.7. The van der Waals surface area contributed by atoms with Gasteiger partial charge >= 0.3 is 0 Å². The topological polar surface area (TPSA) is 12.0 Å². The largest absolute Gasteiger partial charge is 0.316 e. The van der Waals surface area contributed by atoms with Gasteiger partial charge in [0.1, 0.15) is 0 Å². The molecule has 1 unspecified atom stereocenters. The van der Waals surface area contributed by atoms with Crippen molar-refractivity contribution in [1.82, 2.24) is 5.32 Å². The van der Waals surface area contributed by atoms with Gasteiger partial charge in [-0.15, -0.1) is 24.1 Å². The van der Waals surface area contributed by atoms with Crippen molar-refractivity contribution in [2.75, 3.05) is 13.1 Å². The second kappa shape index (κ2) is 6.74. The Kier molecular flexibility index (Phi) is 4.97. The molecular weight excluding hydrogens is 226 g/mol. The summed E-state index contributed by atoms with van der Waals surface area (Å²) >= 11 is 2.01. The van der Waals surface area contributed by atoms with Gasteiger partial charge in [-0.25, -0.2) is 0 Å². The lowest BCUT2D eigenvalue weighted by atomic mass is 10.1. The summed E-state index contributed by atoms with van der Waals surface area (Å²) in [6.07, 6.45) is 9.66. The fourth-order valence-corrected chi connectivity index (χ4v) is 3.39. The summed E-state index contributed by atoms with van der Waals surface area (Å²) in [5.41, 5.74) is 1.51. The molecular formula is C15H19NS. The van der Waals surface area contributed by atoms with Gasteiger partial charge in [-0.2, -0.15) is 0 Å². The quantitative estimate of drug-likeness (QED) is 0.610. The second-order valence-electron chi connectivity index (χ2n) is 4.42. The molecule has 0 radical (unpaired) electrons. The second-order valence-corrected chi connectivity index (χ2v) is 5.76. The first-order valence-corrected chi connectivity index (χ1v) is 7.17. The van der Waals surface area contributed by atoms with Crippen molar-refractivity contribution < 1.29 is 0 Å². The van der Waals surface area contributed by atoms with Crippen LogP contribution in [0.15, 0.2) is 29.2 Å². The van der Waals surface area contributed by atoms with Gasteiger partial charge < -0.3 is 5.32 Å². The molecule has 0 saturated carbocycles. The van der Waals surface area contributed by atoms with Gasteiger partial charge in [-0.3, -0.25) is 0 Å². The predicted octanol–water partition coefficient (Wildman–Crippen LogP) is 3.10. The molecule has 90 valence electrons. The number of unbranched alkanes of at least 4 members (excludes halogenated alkanes) is 2. The number of rotatable bonds is 6. The highest BCUT2D eigenvalue weighted by Gasteiger charge is 2.20. The molecule has 1 N–H and O–H groups in total. The van der Waals surface area contributed by atoms with Crippen molar-refractivity contribution in [3.05, 3.63) is 29.8 Å². The molecule has 0 bridgehead atoms. The van der Waals surface area contributed by atoms with Crippen LogP contribution in [0.1, 0.15) is 24.8 Å². The monoisotopic (exact) mass is 245 g/mol. The molecule has 0 aromatic heterocycles. The third-order valence-corrected chi connectivity index (χ3v) is 4.33. The van der Waals surface area contributed by atoms with Gasteiger partial charge in [0.25, 0.3) is 0 Å². The lowest BCUT2D eigenvalue weighted by molar-refractivity contribution is 0.618. The number of thioether (sulfide) groups is 1. The molecule has 1 aromatic rings. The standard InChI is InChI=1S/C15H19NS/c1-2-3-4-7-10-16-12-14-11-13-8-5-6-9-15(13)17-14/h1,5-6,8-9,14,16H,3-4,7,10-12H2. The fraction of sp³-hybridized carbons (Fsp3) is 0.467. The van der Waals surface area contributed by atoms with Crippen LogP contribution in [0.4, 0.5) is 0 Å². The van der Waals surface area contributed by atoms with Crippen molar-refractivity contribution in [2.45, 2.75) is 35.8 Å². The molecule has 17 heavy (non-hydrogen) atoms. The van der Waals surface area contributed by atoms with E-state index >= 15 is 0 Å². The lowest BCUT2D eigenvalue weighted by Gasteiger charge is -2.09. The minimum atomic E-state index is 0.708. The molecule has 2 rings (SSSR count). The van der Waals surface area contributed by atoms with Crippen molar-refractivity contribution in [2.24, 2.45) is 0 Å². The average Bonchev–Trinajstić information content (AvgIpc) is 2.76. The van der Waals surface area contributed by atoms with Crippen molar-refractivity contribution in [3.63, 3.8) is 0 Å². The van der Waals surface area contributed by atoms with E-state index in [1.54, 1.807) is 0 Å². The van der Waals surface area contributed by atoms with Crippen LogP contribution in [0, 0.1) is 12.3 Å². The molecule has 2 heteroatoms. The third kappa shape index (κ3) is 3.80. The molecule has 1 heterocycles. The van der Waals surface area contributed by atoms with Crippen LogP contribution in [0.3, 0.4) is 0 Å². The van der Waals surface area contributed by atoms with Crippen LogP contribution < -0.4 is 5.32 Å². The Bertz CT molecular complexity index is 369. The minimum absolute atomic E-state index is 0.708. The van der Waals surface area contributed by atoms with Crippen molar-refractivity contribution >= 4 is 11.8 Å². The number of hydrogen-bond donors (Lipinski definition) is 1. The first-order chi connectivity index (χ1) is 8.40. The Hall–Kier alpha value is -0.910. The predicted molar refractivity (Wildman–Crippen MR) is 75.3 cm³/mol. The Labute approximate surface area is 108 Å². The van der Waals surface area contributed by atoms with Crippen LogP contribution in [-0.4, -0.2) is 18.3 Å². The summed E-state index contributed by atoms with van der Waals surface area (Å²) in [5.74, 6) is 2.68. The average molecular weight is 245 g/mol. The fourth-order valence-electron chi connectivity index (χ4n) is 2.11. The Morgan fingerprint density at radius 3 is 3.06 bits per heavy atom. The smallest absolute Gasteiger partial charge is 0.0260 e. The molecule has 1 nitrogen and oxygen atoms in total. The highest BCUT2D eigenvalue weighted by molar-refractivity contribution is 8.00. The van der Waals surface area contributed by atoms with E-state index in [1.165, 1.54) is 23.3 Å². The first kappa shape index (κ1) is 12.5. The molecule has 0 spiro atoms. The van der Waals surface area contributed by atoms with E-state index in [9.17, 15) is 0 Å². The summed E-state index contributed by atoms with van der Waals surface area (Å²) in [6, 6.07) is 8.73.